The van der Waals surface area contributed by atoms with E-state index in [1.807, 2.05) is 6.07 Å². The minimum Gasteiger partial charge on any atom is -0.366 e. The fraction of sp³-hybridized carbons (Fsp3) is 0.333. The molecule has 1 aromatic heterocycles. The Morgan fingerprint density at radius 3 is 2.71 bits per heavy atom. The van der Waals surface area contributed by atoms with Gasteiger partial charge >= 0.3 is 0 Å². The highest BCUT2D eigenvalue weighted by Gasteiger charge is 2.22. The van der Waals surface area contributed by atoms with Crippen LogP contribution in [0.3, 0.4) is 0 Å². The second-order valence-electron chi connectivity index (χ2n) is 7.10. The first-order valence-corrected chi connectivity index (χ1v) is 10.1. The maximum atomic E-state index is 12.5. The molecule has 0 aliphatic heterocycles. The molecule has 0 bridgehead atoms. The number of anilines is 1. The van der Waals surface area contributed by atoms with Gasteiger partial charge in [0.2, 0.25) is 11.8 Å². The number of aromatic nitrogens is 1. The molecule has 2 atom stereocenters. The molecule has 3 N–H and O–H groups in total. The highest BCUT2D eigenvalue weighted by Crippen LogP contribution is 2.31. The monoisotopic (exact) mass is 394 g/mol. The summed E-state index contributed by atoms with van der Waals surface area (Å²) < 4.78 is 0. The molecule has 7 heteroatoms. The number of hydrogen-bond acceptors (Lipinski definition) is 5. The van der Waals surface area contributed by atoms with Gasteiger partial charge in [0.05, 0.1) is 10.8 Å². The number of benzene rings is 1. The summed E-state index contributed by atoms with van der Waals surface area (Å²) in [6.07, 6.45) is 2.94. The molecule has 28 heavy (non-hydrogen) atoms. The average molecular weight is 395 g/mol. The lowest BCUT2D eigenvalue weighted by Gasteiger charge is -2.22. The normalized spacial score (nSPS) is 16.5. The Morgan fingerprint density at radius 1 is 1.36 bits per heavy atom. The van der Waals surface area contributed by atoms with Crippen molar-refractivity contribution >= 4 is 29.3 Å². The van der Waals surface area contributed by atoms with Gasteiger partial charge in [0.25, 0.3) is 0 Å². The molecule has 2 unspecified atom stereocenters. The molecule has 1 aliphatic carbocycles. The second-order valence-corrected chi connectivity index (χ2v) is 8.43. The molecule has 0 spiro atoms. The van der Waals surface area contributed by atoms with E-state index in [1.165, 1.54) is 11.8 Å². The number of carbonyl (C=O) groups excluding carboxylic acids is 2. The van der Waals surface area contributed by atoms with Crippen LogP contribution < -0.4 is 11.1 Å². The SMILES string of the molecule is CC1CCc2nc(SC(C)C(=O)Nc3ccc(C(N)=O)cc3)c(C#N)cc2C1. The van der Waals surface area contributed by atoms with Gasteiger partial charge in [0.15, 0.2) is 0 Å². The zero-order valence-electron chi connectivity index (χ0n) is 15.9. The van der Waals surface area contributed by atoms with Crippen molar-refractivity contribution in [3.05, 3.63) is 52.7 Å². The first-order valence-electron chi connectivity index (χ1n) is 9.17. The minimum atomic E-state index is -0.515. The summed E-state index contributed by atoms with van der Waals surface area (Å²) in [7, 11) is 0. The van der Waals surface area contributed by atoms with Crippen LogP contribution in [0.5, 0.6) is 0 Å². The van der Waals surface area contributed by atoms with Crippen molar-refractivity contribution < 1.29 is 9.59 Å². The maximum Gasteiger partial charge on any atom is 0.248 e. The predicted molar refractivity (Wildman–Crippen MR) is 109 cm³/mol. The van der Waals surface area contributed by atoms with Gasteiger partial charge in [-0.15, -0.1) is 0 Å². The number of thioether (sulfide) groups is 1. The van der Waals surface area contributed by atoms with Gasteiger partial charge in [0.1, 0.15) is 11.1 Å². The molecule has 0 radical (unpaired) electrons. The van der Waals surface area contributed by atoms with E-state index in [4.69, 9.17) is 5.73 Å². The highest BCUT2D eigenvalue weighted by molar-refractivity contribution is 8.00. The number of pyridine rings is 1. The molecule has 1 heterocycles. The number of amides is 2. The molecule has 1 aromatic carbocycles. The number of primary amides is 1. The average Bonchev–Trinajstić information content (AvgIpc) is 2.67. The van der Waals surface area contributed by atoms with Crippen LogP contribution in [0.15, 0.2) is 35.4 Å². The number of nitrogens with one attached hydrogen (secondary N) is 1. The van der Waals surface area contributed by atoms with Crippen molar-refractivity contribution in [2.24, 2.45) is 11.7 Å². The van der Waals surface area contributed by atoms with Crippen LogP contribution in [0.4, 0.5) is 5.69 Å². The summed E-state index contributed by atoms with van der Waals surface area (Å²) >= 11 is 1.28. The molecular formula is C21H22N4O2S. The number of nitrogens with zero attached hydrogens (tertiary/aromatic N) is 2. The maximum absolute atomic E-state index is 12.5. The van der Waals surface area contributed by atoms with Crippen LogP contribution in [0.25, 0.3) is 0 Å². The Hall–Kier alpha value is -2.85. The van der Waals surface area contributed by atoms with E-state index in [0.717, 1.165) is 30.5 Å². The lowest BCUT2D eigenvalue weighted by atomic mass is 9.87. The summed E-state index contributed by atoms with van der Waals surface area (Å²) in [5.41, 5.74) is 8.88. The van der Waals surface area contributed by atoms with E-state index in [1.54, 1.807) is 31.2 Å². The Labute approximate surface area is 168 Å². The van der Waals surface area contributed by atoms with E-state index in [2.05, 4.69) is 23.3 Å². The Morgan fingerprint density at radius 2 is 2.07 bits per heavy atom. The Bertz CT molecular complexity index is 950. The Kier molecular flexibility index (Phi) is 6.00. The summed E-state index contributed by atoms with van der Waals surface area (Å²) in [4.78, 5) is 28.3. The standard InChI is InChI=1S/C21H22N4O2S/c1-12-3-8-18-15(9-12)10-16(11-22)21(25-18)28-13(2)20(27)24-17-6-4-14(5-7-17)19(23)26/h4-7,10,12-13H,3,8-9H2,1-2H3,(H2,23,26)(H,24,27). The van der Waals surface area contributed by atoms with Crippen molar-refractivity contribution in [3.8, 4) is 6.07 Å². The number of hydrogen-bond donors (Lipinski definition) is 2. The van der Waals surface area contributed by atoms with Gasteiger partial charge in [-0.2, -0.15) is 5.26 Å². The van der Waals surface area contributed by atoms with Gasteiger partial charge in [0, 0.05) is 16.9 Å². The number of nitrogens with two attached hydrogens (primary N) is 1. The van der Waals surface area contributed by atoms with Crippen molar-refractivity contribution in [2.75, 3.05) is 5.32 Å². The summed E-state index contributed by atoms with van der Waals surface area (Å²) in [5, 5.41) is 12.5. The molecule has 1 aliphatic rings. The number of nitriles is 1. The lowest BCUT2D eigenvalue weighted by molar-refractivity contribution is -0.115. The topological polar surface area (TPSA) is 109 Å². The third-order valence-electron chi connectivity index (χ3n) is 4.81. The first kappa shape index (κ1) is 19.9. The van der Waals surface area contributed by atoms with Crippen molar-refractivity contribution in [1.29, 1.82) is 5.26 Å². The Balaban J connectivity index is 1.71. The van der Waals surface area contributed by atoms with E-state index in [-0.39, 0.29) is 5.91 Å². The van der Waals surface area contributed by atoms with Crippen molar-refractivity contribution in [1.82, 2.24) is 4.98 Å². The van der Waals surface area contributed by atoms with E-state index in [9.17, 15) is 14.9 Å². The molecule has 2 aromatic rings. The zero-order chi connectivity index (χ0) is 20.3. The number of aryl methyl sites for hydroxylation is 1. The van der Waals surface area contributed by atoms with Crippen molar-refractivity contribution in [3.63, 3.8) is 0 Å². The van der Waals surface area contributed by atoms with Crippen LogP contribution in [0.2, 0.25) is 0 Å². The predicted octanol–water partition coefficient (Wildman–Crippen LogP) is 3.30. The molecule has 0 saturated heterocycles. The smallest absolute Gasteiger partial charge is 0.248 e. The van der Waals surface area contributed by atoms with Crippen LogP contribution >= 0.6 is 11.8 Å². The van der Waals surface area contributed by atoms with Crippen LogP contribution in [0.1, 0.15) is 47.4 Å². The van der Waals surface area contributed by atoms with Gasteiger partial charge in [-0.1, -0.05) is 18.7 Å². The zero-order valence-corrected chi connectivity index (χ0v) is 16.7. The van der Waals surface area contributed by atoms with Gasteiger partial charge in [-0.25, -0.2) is 4.98 Å². The number of carbonyl (C=O) groups is 2. The molecule has 144 valence electrons. The summed E-state index contributed by atoms with van der Waals surface area (Å²) in [6, 6.07) is 10.5. The van der Waals surface area contributed by atoms with Gasteiger partial charge in [-0.3, -0.25) is 9.59 Å². The van der Waals surface area contributed by atoms with Crippen molar-refractivity contribution in [2.45, 2.75) is 43.4 Å². The van der Waals surface area contributed by atoms with E-state index < -0.39 is 11.2 Å². The molecule has 2 amide bonds. The second kappa shape index (κ2) is 8.44. The third-order valence-corrected chi connectivity index (χ3v) is 5.92. The number of rotatable bonds is 5. The van der Waals surface area contributed by atoms with Crippen LogP contribution in [-0.4, -0.2) is 22.0 Å². The third kappa shape index (κ3) is 4.52. The minimum absolute atomic E-state index is 0.200. The molecule has 6 nitrogen and oxygen atoms in total. The molecule has 3 rings (SSSR count). The van der Waals surface area contributed by atoms with Crippen LogP contribution in [-0.2, 0) is 17.6 Å². The van der Waals surface area contributed by atoms with Gasteiger partial charge < -0.3 is 11.1 Å². The fourth-order valence-electron chi connectivity index (χ4n) is 3.18. The summed E-state index contributed by atoms with van der Waals surface area (Å²) in [5.74, 6) is -0.113. The largest absolute Gasteiger partial charge is 0.366 e. The fourth-order valence-corrected chi connectivity index (χ4v) is 4.08. The van der Waals surface area contributed by atoms with E-state index >= 15 is 0 Å². The highest BCUT2D eigenvalue weighted by atomic mass is 32.2. The first-order chi connectivity index (χ1) is 13.4. The molecule has 0 fully saturated rings. The lowest BCUT2D eigenvalue weighted by Crippen LogP contribution is -2.23. The molecular weight excluding hydrogens is 372 g/mol. The summed E-state index contributed by atoms with van der Waals surface area (Å²) in [6.45, 7) is 3.99. The van der Waals surface area contributed by atoms with Crippen LogP contribution in [0, 0.1) is 17.2 Å². The molecule has 0 saturated carbocycles. The van der Waals surface area contributed by atoms with E-state index in [0.29, 0.717) is 27.8 Å². The number of fused-ring (bicyclic) bond motifs is 1. The van der Waals surface area contributed by atoms with Gasteiger partial charge in [-0.05, 0) is 68.0 Å². The quantitative estimate of drug-likeness (QED) is 0.756.